The summed E-state index contributed by atoms with van der Waals surface area (Å²) in [7, 11) is -3.43. The summed E-state index contributed by atoms with van der Waals surface area (Å²) in [5.74, 6) is -0.441. The number of hydrogen-bond donors (Lipinski definition) is 1. The zero-order valence-corrected chi connectivity index (χ0v) is 16.8. The van der Waals surface area contributed by atoms with Crippen molar-refractivity contribution in [1.29, 1.82) is 0 Å². The molecule has 28 heavy (non-hydrogen) atoms. The molecule has 3 rings (SSSR count). The van der Waals surface area contributed by atoms with Crippen molar-refractivity contribution >= 4 is 45.0 Å². The van der Waals surface area contributed by atoms with E-state index in [1.807, 2.05) is 0 Å². The third-order valence-corrected chi connectivity index (χ3v) is 6.12. The van der Waals surface area contributed by atoms with Crippen LogP contribution in [-0.4, -0.2) is 30.3 Å². The van der Waals surface area contributed by atoms with Crippen LogP contribution in [-0.2, 0) is 14.6 Å². The summed E-state index contributed by atoms with van der Waals surface area (Å²) in [4.78, 5) is 12.2. The fourth-order valence-corrected chi connectivity index (χ4v) is 4.22. The topological polar surface area (TPSA) is 102 Å². The number of aromatic nitrogens is 2. The Morgan fingerprint density at radius 3 is 2.54 bits per heavy atom. The Hall–Kier alpha value is -2.42. The molecule has 2 aromatic carbocycles. The minimum Gasteiger partial charge on any atom is -0.403 e. The molecule has 0 aliphatic heterocycles. The van der Waals surface area contributed by atoms with Gasteiger partial charge < -0.3 is 4.42 Å². The van der Waals surface area contributed by atoms with Crippen LogP contribution in [0.25, 0.3) is 11.5 Å². The largest absolute Gasteiger partial charge is 0.403 e. The highest BCUT2D eigenvalue weighted by atomic mass is 35.5. The number of amides is 1. The third kappa shape index (κ3) is 5.09. The predicted molar refractivity (Wildman–Crippen MR) is 106 cm³/mol. The Kier molecular flexibility index (Phi) is 6.33. The van der Waals surface area contributed by atoms with Crippen LogP contribution >= 0.6 is 23.2 Å². The number of rotatable bonds is 7. The van der Waals surface area contributed by atoms with Gasteiger partial charge in [0, 0.05) is 11.4 Å². The first kappa shape index (κ1) is 20.3. The summed E-state index contributed by atoms with van der Waals surface area (Å²) in [6.07, 6.45) is 0.151. The molecule has 0 fully saturated rings. The lowest BCUT2D eigenvalue weighted by atomic mass is 10.2. The highest BCUT2D eigenvalue weighted by Gasteiger charge is 2.16. The third-order valence-electron chi connectivity index (χ3n) is 3.75. The number of anilines is 1. The van der Waals surface area contributed by atoms with E-state index in [9.17, 15) is 13.2 Å². The Morgan fingerprint density at radius 1 is 1.07 bits per heavy atom. The number of halogens is 2. The maximum atomic E-state index is 12.2. The molecule has 0 unspecified atom stereocenters. The van der Waals surface area contributed by atoms with E-state index in [2.05, 4.69) is 15.5 Å². The molecule has 1 N–H and O–H groups in total. The van der Waals surface area contributed by atoms with Crippen LogP contribution in [0.2, 0.25) is 10.0 Å². The second-order valence-corrected chi connectivity index (χ2v) is 8.77. The quantitative estimate of drug-likeness (QED) is 0.590. The van der Waals surface area contributed by atoms with E-state index in [4.69, 9.17) is 27.6 Å². The van der Waals surface area contributed by atoms with Crippen LogP contribution in [0.1, 0.15) is 12.8 Å². The maximum Gasteiger partial charge on any atom is 0.322 e. The van der Waals surface area contributed by atoms with Gasteiger partial charge in [0.25, 0.3) is 5.89 Å². The first-order valence-electron chi connectivity index (χ1n) is 8.22. The molecule has 0 aliphatic carbocycles. The second-order valence-electron chi connectivity index (χ2n) is 5.82. The van der Waals surface area contributed by atoms with Gasteiger partial charge in [-0.2, -0.15) is 0 Å². The predicted octanol–water partition coefficient (Wildman–Crippen LogP) is 4.24. The van der Waals surface area contributed by atoms with E-state index in [1.165, 1.54) is 18.2 Å². The normalized spacial score (nSPS) is 11.4. The molecule has 0 spiro atoms. The summed E-state index contributed by atoms with van der Waals surface area (Å²) in [5.41, 5.74) is 0.480. The van der Waals surface area contributed by atoms with Crippen LogP contribution in [0, 0.1) is 0 Å². The van der Waals surface area contributed by atoms with Crippen molar-refractivity contribution in [1.82, 2.24) is 10.2 Å². The number of hydrogen-bond acceptors (Lipinski definition) is 6. The average Bonchev–Trinajstić information content (AvgIpc) is 3.10. The van der Waals surface area contributed by atoms with Crippen molar-refractivity contribution < 1.29 is 17.6 Å². The fourth-order valence-electron chi connectivity index (χ4n) is 2.40. The van der Waals surface area contributed by atoms with Crippen molar-refractivity contribution in [2.75, 3.05) is 11.1 Å². The van der Waals surface area contributed by atoms with Gasteiger partial charge in [-0.1, -0.05) is 46.5 Å². The van der Waals surface area contributed by atoms with Crippen LogP contribution in [0.3, 0.4) is 0 Å². The van der Waals surface area contributed by atoms with Gasteiger partial charge in [0.2, 0.25) is 5.91 Å². The first-order valence-corrected chi connectivity index (χ1v) is 10.6. The van der Waals surface area contributed by atoms with Crippen molar-refractivity contribution in [3.05, 3.63) is 58.6 Å². The van der Waals surface area contributed by atoms with Crippen LogP contribution in [0.5, 0.6) is 0 Å². The average molecular weight is 440 g/mol. The zero-order chi connectivity index (χ0) is 20.1. The molecule has 0 saturated carbocycles. The number of carbonyl (C=O) groups excluding carboxylic acids is 1. The highest BCUT2D eigenvalue weighted by molar-refractivity contribution is 7.91. The van der Waals surface area contributed by atoms with Crippen molar-refractivity contribution in [2.24, 2.45) is 0 Å². The second kappa shape index (κ2) is 8.72. The van der Waals surface area contributed by atoms with Gasteiger partial charge >= 0.3 is 6.01 Å². The molecule has 1 heterocycles. The Bertz CT molecular complexity index is 1090. The molecule has 3 aromatic rings. The Balaban J connectivity index is 1.55. The fraction of sp³-hybridized carbons (Fsp3) is 0.167. The molecule has 0 atom stereocenters. The minimum absolute atomic E-state index is 0.00845. The SMILES string of the molecule is O=C(CCCS(=O)(=O)c1ccccc1)Nc1nnc(-c2ccc(Cl)cc2Cl)o1. The van der Waals surface area contributed by atoms with Crippen LogP contribution in [0.4, 0.5) is 6.01 Å². The molecule has 0 aliphatic rings. The van der Waals surface area contributed by atoms with Gasteiger partial charge in [-0.15, -0.1) is 5.10 Å². The van der Waals surface area contributed by atoms with Gasteiger partial charge in [-0.05, 0) is 36.8 Å². The van der Waals surface area contributed by atoms with Gasteiger partial charge in [-0.25, -0.2) is 8.42 Å². The van der Waals surface area contributed by atoms with Crippen LogP contribution in [0.15, 0.2) is 57.8 Å². The monoisotopic (exact) mass is 439 g/mol. The van der Waals surface area contributed by atoms with E-state index < -0.39 is 15.7 Å². The number of sulfone groups is 1. The number of nitrogens with zero attached hydrogens (tertiary/aromatic N) is 2. The van der Waals surface area contributed by atoms with E-state index in [1.54, 1.807) is 30.3 Å². The Morgan fingerprint density at radius 2 is 1.82 bits per heavy atom. The van der Waals surface area contributed by atoms with E-state index in [-0.39, 0.29) is 35.4 Å². The number of nitrogens with one attached hydrogen (secondary N) is 1. The number of carbonyl (C=O) groups is 1. The summed E-state index contributed by atoms with van der Waals surface area (Å²) in [5, 5.41) is 10.8. The molecule has 0 radical (unpaired) electrons. The standard InChI is InChI=1S/C18H15Cl2N3O4S/c19-12-8-9-14(15(20)11-12)17-22-23-18(27-17)21-16(24)7-4-10-28(25,26)13-5-2-1-3-6-13/h1-3,5-6,8-9,11H,4,7,10H2,(H,21,23,24). The van der Waals surface area contributed by atoms with Gasteiger partial charge in [-0.3, -0.25) is 10.1 Å². The van der Waals surface area contributed by atoms with Crippen molar-refractivity contribution in [3.63, 3.8) is 0 Å². The van der Waals surface area contributed by atoms with E-state index in [0.29, 0.717) is 15.6 Å². The lowest BCUT2D eigenvalue weighted by Crippen LogP contribution is -2.14. The van der Waals surface area contributed by atoms with Gasteiger partial charge in [0.05, 0.1) is 21.2 Å². The molecule has 146 valence electrons. The molecule has 10 heteroatoms. The van der Waals surface area contributed by atoms with E-state index in [0.717, 1.165) is 0 Å². The van der Waals surface area contributed by atoms with Crippen molar-refractivity contribution in [3.8, 4) is 11.5 Å². The molecule has 1 aromatic heterocycles. The summed E-state index contributed by atoms with van der Waals surface area (Å²) in [6.45, 7) is 0. The molecular weight excluding hydrogens is 425 g/mol. The lowest BCUT2D eigenvalue weighted by molar-refractivity contribution is -0.116. The smallest absolute Gasteiger partial charge is 0.322 e. The molecular formula is C18H15Cl2N3O4S. The molecule has 0 bridgehead atoms. The minimum atomic E-state index is -3.43. The van der Waals surface area contributed by atoms with Crippen molar-refractivity contribution in [2.45, 2.75) is 17.7 Å². The molecule has 7 nitrogen and oxygen atoms in total. The lowest BCUT2D eigenvalue weighted by Gasteiger charge is -2.04. The van der Waals surface area contributed by atoms with Gasteiger partial charge in [0.1, 0.15) is 0 Å². The van der Waals surface area contributed by atoms with Gasteiger partial charge in [0.15, 0.2) is 9.84 Å². The first-order chi connectivity index (χ1) is 13.3. The summed E-state index contributed by atoms with van der Waals surface area (Å²) in [6, 6.07) is 12.8. The molecule has 0 saturated heterocycles. The van der Waals surface area contributed by atoms with E-state index >= 15 is 0 Å². The summed E-state index contributed by atoms with van der Waals surface area (Å²) >= 11 is 11.9. The number of benzene rings is 2. The zero-order valence-electron chi connectivity index (χ0n) is 14.4. The Labute approximate surface area is 171 Å². The maximum absolute atomic E-state index is 12.2. The van der Waals surface area contributed by atoms with Crippen LogP contribution < -0.4 is 5.32 Å². The molecule has 1 amide bonds. The summed E-state index contributed by atoms with van der Waals surface area (Å²) < 4.78 is 29.8. The highest BCUT2D eigenvalue weighted by Crippen LogP contribution is 2.30.